The van der Waals surface area contributed by atoms with E-state index in [4.69, 9.17) is 0 Å². The summed E-state index contributed by atoms with van der Waals surface area (Å²) in [6.07, 6.45) is 4.78. The molecule has 19 heavy (non-hydrogen) atoms. The van der Waals surface area contributed by atoms with Gasteiger partial charge in [-0.2, -0.15) is 0 Å². The lowest BCUT2D eigenvalue weighted by Crippen LogP contribution is -2.26. The lowest BCUT2D eigenvalue weighted by Gasteiger charge is -2.17. The third-order valence-corrected chi connectivity index (χ3v) is 3.47. The highest BCUT2D eigenvalue weighted by molar-refractivity contribution is 5.94. The van der Waals surface area contributed by atoms with E-state index in [0.29, 0.717) is 6.54 Å². The summed E-state index contributed by atoms with van der Waals surface area (Å²) in [5.41, 5.74) is 4.40. The molecule has 3 N–H and O–H groups in total. The van der Waals surface area contributed by atoms with Gasteiger partial charge in [-0.15, -0.1) is 0 Å². The Balaban J connectivity index is 1.69. The van der Waals surface area contributed by atoms with Gasteiger partial charge < -0.3 is 15.6 Å². The highest BCUT2D eigenvalue weighted by Crippen LogP contribution is 2.15. The molecule has 0 radical (unpaired) electrons. The molecule has 2 aromatic rings. The molecule has 4 nitrogen and oxygen atoms in total. The van der Waals surface area contributed by atoms with Crippen LogP contribution >= 0.6 is 0 Å². The minimum Gasteiger partial charge on any atom is -0.367 e. The Morgan fingerprint density at radius 3 is 3.05 bits per heavy atom. The second-order valence-corrected chi connectivity index (χ2v) is 4.81. The number of amides is 1. The third-order valence-electron chi connectivity index (χ3n) is 3.47. The topological polar surface area (TPSA) is 56.9 Å². The average Bonchev–Trinajstić information content (AvgIpc) is 2.97. The lowest BCUT2D eigenvalue weighted by molar-refractivity contribution is 0.0951. The minimum atomic E-state index is -0.0189. The number of carbonyl (C=O) groups is 1. The Labute approximate surface area is 112 Å². The summed E-state index contributed by atoms with van der Waals surface area (Å²) in [4.78, 5) is 15.1. The van der Waals surface area contributed by atoms with E-state index >= 15 is 0 Å². The van der Waals surface area contributed by atoms with Crippen molar-refractivity contribution in [2.45, 2.75) is 19.5 Å². The molecule has 0 aliphatic carbocycles. The monoisotopic (exact) mass is 255 g/mol. The van der Waals surface area contributed by atoms with E-state index in [2.05, 4.69) is 21.7 Å². The number of H-pyrrole nitrogens is 1. The van der Waals surface area contributed by atoms with Crippen LogP contribution in [0.2, 0.25) is 0 Å². The summed E-state index contributed by atoms with van der Waals surface area (Å²) in [5, 5.41) is 6.25. The van der Waals surface area contributed by atoms with Crippen molar-refractivity contribution >= 4 is 5.91 Å². The van der Waals surface area contributed by atoms with Crippen molar-refractivity contribution in [1.82, 2.24) is 15.6 Å². The predicted molar refractivity (Wildman–Crippen MR) is 73.8 cm³/mol. The molecule has 2 heterocycles. The Bertz CT molecular complexity index is 575. The van der Waals surface area contributed by atoms with Crippen LogP contribution in [0.4, 0.5) is 0 Å². The van der Waals surface area contributed by atoms with E-state index in [1.54, 1.807) is 0 Å². The van der Waals surface area contributed by atoms with Gasteiger partial charge in [0.2, 0.25) is 0 Å². The summed E-state index contributed by atoms with van der Waals surface area (Å²) < 4.78 is 0. The molecular weight excluding hydrogens is 238 g/mol. The maximum atomic E-state index is 12.1. The predicted octanol–water partition coefficient (Wildman–Crippen LogP) is 1.59. The standard InChI is InChI=1S/C15H17N3O/c19-15(18-9-11-3-5-16-8-11)13-2-1-12-4-6-17-10-14(12)7-13/h1-3,5,7-8,16-17H,4,6,9-10H2,(H,18,19). The highest BCUT2D eigenvalue weighted by atomic mass is 16.1. The largest absolute Gasteiger partial charge is 0.367 e. The summed E-state index contributed by atoms with van der Waals surface area (Å²) in [6, 6.07) is 7.93. The molecule has 1 aliphatic heterocycles. The van der Waals surface area contributed by atoms with Crippen LogP contribution in [0.15, 0.2) is 36.7 Å². The number of benzene rings is 1. The van der Waals surface area contributed by atoms with Gasteiger partial charge >= 0.3 is 0 Å². The Morgan fingerprint density at radius 2 is 2.21 bits per heavy atom. The smallest absolute Gasteiger partial charge is 0.251 e. The van der Waals surface area contributed by atoms with Crippen LogP contribution in [0.3, 0.4) is 0 Å². The third kappa shape index (κ3) is 2.69. The van der Waals surface area contributed by atoms with E-state index < -0.39 is 0 Å². The van der Waals surface area contributed by atoms with Crippen LogP contribution in [0.25, 0.3) is 0 Å². The lowest BCUT2D eigenvalue weighted by atomic mass is 9.98. The summed E-state index contributed by atoms with van der Waals surface area (Å²) >= 11 is 0. The van der Waals surface area contributed by atoms with Gasteiger partial charge in [0.05, 0.1) is 0 Å². The number of hydrogen-bond donors (Lipinski definition) is 3. The molecule has 0 unspecified atom stereocenters. The van der Waals surface area contributed by atoms with Gasteiger partial charge in [-0.25, -0.2) is 0 Å². The number of aromatic amines is 1. The molecular formula is C15H17N3O. The normalized spacial score (nSPS) is 13.9. The van der Waals surface area contributed by atoms with Crippen molar-refractivity contribution in [3.63, 3.8) is 0 Å². The molecule has 0 spiro atoms. The molecule has 0 saturated carbocycles. The summed E-state index contributed by atoms with van der Waals surface area (Å²) in [6.45, 7) is 2.43. The van der Waals surface area contributed by atoms with Gasteiger partial charge in [0, 0.05) is 31.0 Å². The molecule has 0 atom stereocenters. The van der Waals surface area contributed by atoms with Crippen molar-refractivity contribution in [2.24, 2.45) is 0 Å². The summed E-state index contributed by atoms with van der Waals surface area (Å²) in [7, 11) is 0. The zero-order chi connectivity index (χ0) is 13.1. The molecule has 3 rings (SSSR count). The van der Waals surface area contributed by atoms with Crippen LogP contribution in [0, 0.1) is 0 Å². The van der Waals surface area contributed by atoms with Gasteiger partial charge in [-0.05, 0) is 47.9 Å². The van der Waals surface area contributed by atoms with Crippen molar-refractivity contribution in [3.8, 4) is 0 Å². The fourth-order valence-electron chi connectivity index (χ4n) is 2.37. The Hall–Kier alpha value is -2.07. The van der Waals surface area contributed by atoms with Crippen molar-refractivity contribution in [2.75, 3.05) is 6.54 Å². The molecule has 98 valence electrons. The van der Waals surface area contributed by atoms with Gasteiger partial charge in [0.15, 0.2) is 0 Å². The molecule has 0 bridgehead atoms. The molecule has 0 saturated heterocycles. The molecule has 1 aromatic heterocycles. The van der Waals surface area contributed by atoms with Crippen LogP contribution in [-0.2, 0) is 19.5 Å². The van der Waals surface area contributed by atoms with Crippen molar-refractivity contribution < 1.29 is 4.79 Å². The maximum Gasteiger partial charge on any atom is 0.251 e. The van der Waals surface area contributed by atoms with Crippen molar-refractivity contribution in [1.29, 1.82) is 0 Å². The first kappa shape index (κ1) is 12.0. The van der Waals surface area contributed by atoms with E-state index in [0.717, 1.165) is 30.6 Å². The fourth-order valence-corrected chi connectivity index (χ4v) is 2.37. The number of hydrogen-bond acceptors (Lipinski definition) is 2. The molecule has 4 heteroatoms. The Kier molecular flexibility index (Phi) is 3.33. The zero-order valence-corrected chi connectivity index (χ0v) is 10.7. The quantitative estimate of drug-likeness (QED) is 0.780. The number of nitrogens with one attached hydrogen (secondary N) is 3. The minimum absolute atomic E-state index is 0.0189. The van der Waals surface area contributed by atoms with Crippen molar-refractivity contribution in [3.05, 3.63) is 58.9 Å². The summed E-state index contributed by atoms with van der Waals surface area (Å²) in [5.74, 6) is -0.0189. The van der Waals surface area contributed by atoms with Crippen LogP contribution < -0.4 is 10.6 Å². The van der Waals surface area contributed by atoms with E-state index in [1.165, 1.54) is 11.1 Å². The second-order valence-electron chi connectivity index (χ2n) is 4.81. The highest BCUT2D eigenvalue weighted by Gasteiger charge is 2.12. The van der Waals surface area contributed by atoms with Gasteiger partial charge in [-0.1, -0.05) is 6.07 Å². The number of aromatic nitrogens is 1. The maximum absolute atomic E-state index is 12.1. The van der Waals surface area contributed by atoms with Crippen LogP contribution in [-0.4, -0.2) is 17.4 Å². The van der Waals surface area contributed by atoms with Crippen LogP contribution in [0.5, 0.6) is 0 Å². The first-order valence-corrected chi connectivity index (χ1v) is 6.55. The molecule has 1 aromatic carbocycles. The fraction of sp³-hybridized carbons (Fsp3) is 0.267. The molecule has 0 fully saturated rings. The first-order valence-electron chi connectivity index (χ1n) is 6.55. The zero-order valence-electron chi connectivity index (χ0n) is 10.7. The first-order chi connectivity index (χ1) is 9.33. The molecule has 1 aliphatic rings. The average molecular weight is 255 g/mol. The van der Waals surface area contributed by atoms with E-state index in [9.17, 15) is 4.79 Å². The van der Waals surface area contributed by atoms with Gasteiger partial charge in [0.25, 0.3) is 5.91 Å². The number of carbonyl (C=O) groups excluding carboxylic acids is 1. The van der Waals surface area contributed by atoms with Gasteiger partial charge in [-0.3, -0.25) is 4.79 Å². The Morgan fingerprint density at radius 1 is 1.26 bits per heavy atom. The van der Waals surface area contributed by atoms with E-state index in [-0.39, 0.29) is 5.91 Å². The second kappa shape index (κ2) is 5.28. The SMILES string of the molecule is O=C(NCc1cc[nH]c1)c1ccc2c(c1)CNCC2. The van der Waals surface area contributed by atoms with Crippen LogP contribution in [0.1, 0.15) is 27.0 Å². The van der Waals surface area contributed by atoms with E-state index in [1.807, 2.05) is 30.6 Å². The number of rotatable bonds is 3. The van der Waals surface area contributed by atoms with Gasteiger partial charge in [0.1, 0.15) is 0 Å². The molecule has 1 amide bonds. The number of fused-ring (bicyclic) bond motifs is 1.